The van der Waals surface area contributed by atoms with Crippen LogP contribution in [0.1, 0.15) is 0 Å². The van der Waals surface area contributed by atoms with Crippen LogP contribution in [-0.4, -0.2) is 0 Å². The smallest absolute Gasteiger partial charge is 0.0936 e. The SMILES string of the molecule is C(#C[C]1[CH][CH][CH][CH]1)[C]1[CH][CH][CH][CH]1.[CH]1[CH][CH][CH][CH]1.[CH]1[CH][CH][CH][CH]1.[Fe+2].[Fe+2]. The Morgan fingerprint density at radius 3 is 0.750 bits per heavy atom. The summed E-state index contributed by atoms with van der Waals surface area (Å²) >= 11 is 0. The van der Waals surface area contributed by atoms with E-state index in [2.05, 4.69) is 11.8 Å². The summed E-state index contributed by atoms with van der Waals surface area (Å²) < 4.78 is 0. The van der Waals surface area contributed by atoms with Crippen molar-refractivity contribution in [2.45, 2.75) is 0 Å². The van der Waals surface area contributed by atoms with Gasteiger partial charge in [0.2, 0.25) is 0 Å². The molecule has 118 valence electrons. The molecule has 4 aliphatic rings. The quantitative estimate of drug-likeness (QED) is 0.433. The van der Waals surface area contributed by atoms with Gasteiger partial charge in [-0.25, -0.2) is 0 Å². The molecular formula is C22H18Fe2+4. The van der Waals surface area contributed by atoms with E-state index in [9.17, 15) is 0 Å². The maximum Gasteiger partial charge on any atom is 2.00 e. The predicted molar refractivity (Wildman–Crippen MR) is 91.7 cm³/mol. The van der Waals surface area contributed by atoms with Crippen molar-refractivity contribution in [3.8, 4) is 11.8 Å². The molecular weight excluding hydrogens is 376 g/mol. The van der Waals surface area contributed by atoms with Crippen LogP contribution in [0.4, 0.5) is 0 Å². The van der Waals surface area contributed by atoms with E-state index in [-0.39, 0.29) is 34.1 Å². The topological polar surface area (TPSA) is 0 Å². The van der Waals surface area contributed by atoms with Crippen molar-refractivity contribution in [3.63, 3.8) is 0 Å². The average Bonchev–Trinajstić information content (AvgIpc) is 3.41. The molecule has 0 unspecified atom stereocenters. The van der Waals surface area contributed by atoms with Crippen molar-refractivity contribution in [3.05, 3.63) is 127 Å². The van der Waals surface area contributed by atoms with Crippen LogP contribution in [0.2, 0.25) is 0 Å². The van der Waals surface area contributed by atoms with E-state index in [1.54, 1.807) is 0 Å². The molecule has 2 heteroatoms. The monoisotopic (exact) mass is 394 g/mol. The second-order valence-corrected chi connectivity index (χ2v) is 4.52. The standard InChI is InChI=1S/C12H8.2C5H5.2Fe/c1-2-6-11(5-1)9-10-12-7-3-4-8-12;2*1-2-4-5-3-1;;/h1-8H;2*1-5H;;/q;;;2*+2. The van der Waals surface area contributed by atoms with Gasteiger partial charge >= 0.3 is 34.1 Å². The number of hydrogen-bond acceptors (Lipinski definition) is 0. The summed E-state index contributed by atoms with van der Waals surface area (Å²) in [6.45, 7) is 0. The minimum absolute atomic E-state index is 0. The Labute approximate surface area is 173 Å². The normalized spacial score (nSPS) is 22.8. The Bertz CT molecular complexity index is 263. The molecule has 4 rings (SSSR count). The summed E-state index contributed by atoms with van der Waals surface area (Å²) in [6.07, 6.45) is 36.0. The van der Waals surface area contributed by atoms with E-state index >= 15 is 0 Å². The van der Waals surface area contributed by atoms with Gasteiger partial charge in [0.05, 0.1) is 11.8 Å². The molecule has 0 saturated heterocycles. The van der Waals surface area contributed by atoms with Gasteiger partial charge in [0.15, 0.2) is 0 Å². The summed E-state index contributed by atoms with van der Waals surface area (Å²) in [5.41, 5.74) is 0. The fourth-order valence-electron chi connectivity index (χ4n) is 1.70. The molecule has 0 nitrogen and oxygen atoms in total. The van der Waals surface area contributed by atoms with Crippen molar-refractivity contribution < 1.29 is 34.1 Å². The van der Waals surface area contributed by atoms with E-state index in [1.807, 2.05) is 116 Å². The molecule has 0 aromatic carbocycles. The van der Waals surface area contributed by atoms with Crippen LogP contribution in [-0.2, 0) is 34.1 Å². The molecule has 0 heterocycles. The zero-order chi connectivity index (χ0) is 15.3. The fraction of sp³-hybridized carbons (Fsp3) is 0. The van der Waals surface area contributed by atoms with Gasteiger partial charge in [-0.15, -0.1) is 0 Å². The van der Waals surface area contributed by atoms with Crippen LogP contribution >= 0.6 is 0 Å². The van der Waals surface area contributed by atoms with Crippen LogP contribution in [0.25, 0.3) is 0 Å². The molecule has 0 bridgehead atoms. The molecule has 4 fully saturated rings. The van der Waals surface area contributed by atoms with E-state index in [1.165, 1.54) is 0 Å². The van der Waals surface area contributed by atoms with Gasteiger partial charge in [-0.05, 0) is 116 Å². The van der Waals surface area contributed by atoms with Crippen molar-refractivity contribution >= 4 is 0 Å². The van der Waals surface area contributed by atoms with Crippen molar-refractivity contribution in [2.24, 2.45) is 0 Å². The predicted octanol–water partition coefficient (Wildman–Crippen LogP) is 3.84. The summed E-state index contributed by atoms with van der Waals surface area (Å²) in [5, 5.41) is 0. The first-order chi connectivity index (χ1) is 10.9. The van der Waals surface area contributed by atoms with Gasteiger partial charge < -0.3 is 0 Å². The Balaban J connectivity index is 0.000000370. The first kappa shape index (κ1) is 24.6. The summed E-state index contributed by atoms with van der Waals surface area (Å²) in [5.74, 6) is 8.31. The molecule has 24 heavy (non-hydrogen) atoms. The second kappa shape index (κ2) is 17.0. The van der Waals surface area contributed by atoms with Gasteiger partial charge in [0.1, 0.15) is 0 Å². The van der Waals surface area contributed by atoms with Gasteiger partial charge in [-0.2, -0.15) is 0 Å². The minimum atomic E-state index is 0. The van der Waals surface area contributed by atoms with Crippen LogP contribution in [0, 0.1) is 139 Å². The zero-order valence-corrected chi connectivity index (χ0v) is 15.3. The van der Waals surface area contributed by atoms with Crippen LogP contribution in [0.3, 0.4) is 0 Å². The van der Waals surface area contributed by atoms with E-state index in [4.69, 9.17) is 0 Å². The Morgan fingerprint density at radius 1 is 0.333 bits per heavy atom. The Morgan fingerprint density at radius 2 is 0.542 bits per heavy atom. The maximum absolute atomic E-state index is 3.08. The largest absolute Gasteiger partial charge is 2.00 e. The zero-order valence-electron chi connectivity index (χ0n) is 13.1. The second-order valence-electron chi connectivity index (χ2n) is 4.52. The van der Waals surface area contributed by atoms with Crippen LogP contribution < -0.4 is 0 Å². The fourth-order valence-corrected chi connectivity index (χ4v) is 1.70. The molecule has 20 radical (unpaired) electrons. The van der Waals surface area contributed by atoms with Crippen LogP contribution in [0.15, 0.2) is 0 Å². The van der Waals surface area contributed by atoms with Gasteiger partial charge in [0.25, 0.3) is 0 Å². The Hall–Kier alpha value is 0.599. The maximum atomic E-state index is 3.08. The third-order valence-electron chi connectivity index (χ3n) is 2.79. The average molecular weight is 394 g/mol. The van der Waals surface area contributed by atoms with Crippen molar-refractivity contribution in [2.75, 3.05) is 0 Å². The molecule has 0 aromatic heterocycles. The van der Waals surface area contributed by atoms with Gasteiger partial charge in [-0.3, -0.25) is 0 Å². The molecule has 4 saturated carbocycles. The summed E-state index contributed by atoms with van der Waals surface area (Å²) in [4.78, 5) is 0. The van der Waals surface area contributed by atoms with Gasteiger partial charge in [-0.1, -0.05) is 11.8 Å². The van der Waals surface area contributed by atoms with Crippen molar-refractivity contribution in [1.29, 1.82) is 0 Å². The van der Waals surface area contributed by atoms with E-state index in [0.717, 1.165) is 11.8 Å². The molecule has 0 aliphatic heterocycles. The molecule has 0 aromatic rings. The summed E-state index contributed by atoms with van der Waals surface area (Å²) in [7, 11) is 0. The molecule has 0 spiro atoms. The van der Waals surface area contributed by atoms with Gasteiger partial charge in [0, 0.05) is 0 Å². The third-order valence-corrected chi connectivity index (χ3v) is 2.79. The number of hydrogen-bond donors (Lipinski definition) is 0. The summed E-state index contributed by atoms with van der Waals surface area (Å²) in [6, 6.07) is 0. The molecule has 0 amide bonds. The minimum Gasteiger partial charge on any atom is -0.0936 e. The first-order valence-corrected chi connectivity index (χ1v) is 7.24. The Kier molecular flexibility index (Phi) is 17.5. The first-order valence-electron chi connectivity index (χ1n) is 7.24. The van der Waals surface area contributed by atoms with Crippen molar-refractivity contribution in [1.82, 2.24) is 0 Å². The third kappa shape index (κ3) is 12.0. The van der Waals surface area contributed by atoms with Crippen LogP contribution in [0.5, 0.6) is 0 Å². The molecule has 0 N–H and O–H groups in total. The van der Waals surface area contributed by atoms with E-state index in [0.29, 0.717) is 0 Å². The molecule has 4 aliphatic carbocycles. The number of rotatable bonds is 0. The molecule has 0 atom stereocenters. The van der Waals surface area contributed by atoms with E-state index < -0.39 is 0 Å².